The maximum absolute atomic E-state index is 9.11. The largest absolute Gasteiger partial charge is 0.507 e. The summed E-state index contributed by atoms with van der Waals surface area (Å²) in [4.78, 5) is 0. The third kappa shape index (κ3) is 2.53. The first-order valence-corrected chi connectivity index (χ1v) is 5.07. The number of rotatable bonds is 3. The van der Waals surface area contributed by atoms with Crippen molar-refractivity contribution in [2.75, 3.05) is 0 Å². The summed E-state index contributed by atoms with van der Waals surface area (Å²) in [7, 11) is -1.53. The van der Waals surface area contributed by atoms with Crippen LogP contribution in [0.15, 0.2) is 36.5 Å². The number of aromatic nitrogens is 2. The summed E-state index contributed by atoms with van der Waals surface area (Å²) in [5.74, 6) is 0. The Morgan fingerprint density at radius 3 is 2.53 bits per heavy atom. The molecule has 6 heteroatoms. The van der Waals surface area contributed by atoms with Gasteiger partial charge in [-0.2, -0.15) is 10.4 Å². The van der Waals surface area contributed by atoms with E-state index in [0.717, 1.165) is 5.56 Å². The van der Waals surface area contributed by atoms with Crippen molar-refractivity contribution in [3.63, 3.8) is 0 Å². The molecule has 0 aliphatic rings. The summed E-state index contributed by atoms with van der Waals surface area (Å²) in [5.41, 5.74) is 1.88. The minimum absolute atomic E-state index is 0.342. The maximum atomic E-state index is 9.11. The van der Waals surface area contributed by atoms with E-state index in [1.807, 2.05) is 18.2 Å². The SMILES string of the molecule is N#Cc1ccc(Cn2nccc2B(O)O)cc1. The van der Waals surface area contributed by atoms with Crippen molar-refractivity contribution in [3.8, 4) is 6.07 Å². The number of hydrogen-bond donors (Lipinski definition) is 2. The molecular weight excluding hydrogens is 217 g/mol. The van der Waals surface area contributed by atoms with E-state index in [9.17, 15) is 0 Å². The van der Waals surface area contributed by atoms with Crippen LogP contribution in [0.25, 0.3) is 0 Å². The fourth-order valence-electron chi connectivity index (χ4n) is 1.55. The molecule has 0 amide bonds. The van der Waals surface area contributed by atoms with Crippen molar-refractivity contribution in [2.24, 2.45) is 0 Å². The van der Waals surface area contributed by atoms with E-state index in [-0.39, 0.29) is 0 Å². The van der Waals surface area contributed by atoms with Gasteiger partial charge in [-0.1, -0.05) is 12.1 Å². The molecule has 2 aromatic rings. The predicted octanol–water partition coefficient (Wildman–Crippen LogP) is -0.517. The molecule has 0 bridgehead atoms. The highest BCUT2D eigenvalue weighted by Crippen LogP contribution is 2.04. The molecule has 0 saturated carbocycles. The summed E-state index contributed by atoms with van der Waals surface area (Å²) in [6, 6.07) is 10.6. The normalized spacial score (nSPS) is 9.94. The quantitative estimate of drug-likeness (QED) is 0.691. The van der Waals surface area contributed by atoms with Gasteiger partial charge < -0.3 is 10.0 Å². The summed E-state index contributed by atoms with van der Waals surface area (Å²) < 4.78 is 1.51. The third-order valence-corrected chi connectivity index (χ3v) is 2.43. The van der Waals surface area contributed by atoms with Crippen LogP contribution in [-0.4, -0.2) is 26.9 Å². The van der Waals surface area contributed by atoms with Crippen LogP contribution in [0.4, 0.5) is 0 Å². The molecule has 0 unspecified atom stereocenters. The highest BCUT2D eigenvalue weighted by molar-refractivity contribution is 6.57. The second kappa shape index (κ2) is 4.83. The lowest BCUT2D eigenvalue weighted by molar-refractivity contribution is 0.420. The van der Waals surface area contributed by atoms with Gasteiger partial charge in [0.15, 0.2) is 0 Å². The number of nitriles is 1. The van der Waals surface area contributed by atoms with Crippen LogP contribution in [0.3, 0.4) is 0 Å². The van der Waals surface area contributed by atoms with Gasteiger partial charge >= 0.3 is 7.12 Å². The average molecular weight is 227 g/mol. The van der Waals surface area contributed by atoms with Crippen molar-refractivity contribution in [3.05, 3.63) is 47.7 Å². The van der Waals surface area contributed by atoms with E-state index in [4.69, 9.17) is 15.3 Å². The molecule has 0 fully saturated rings. The van der Waals surface area contributed by atoms with Gasteiger partial charge in [-0.15, -0.1) is 0 Å². The predicted molar refractivity (Wildman–Crippen MR) is 62.3 cm³/mol. The van der Waals surface area contributed by atoms with Gasteiger partial charge in [0.05, 0.1) is 23.8 Å². The molecule has 2 rings (SSSR count). The Bertz CT molecular complexity index is 543. The van der Waals surface area contributed by atoms with Crippen LogP contribution in [0.2, 0.25) is 0 Å². The molecule has 0 saturated heterocycles. The van der Waals surface area contributed by atoms with E-state index in [1.54, 1.807) is 18.2 Å². The highest BCUT2D eigenvalue weighted by Gasteiger charge is 2.16. The lowest BCUT2D eigenvalue weighted by Gasteiger charge is -2.06. The first-order chi connectivity index (χ1) is 8.20. The van der Waals surface area contributed by atoms with Gasteiger partial charge in [-0.3, -0.25) is 4.68 Å². The Kier molecular flexibility index (Phi) is 3.23. The van der Waals surface area contributed by atoms with E-state index < -0.39 is 7.12 Å². The summed E-state index contributed by atoms with van der Waals surface area (Å²) >= 11 is 0. The number of nitrogens with zero attached hydrogens (tertiary/aromatic N) is 3. The lowest BCUT2D eigenvalue weighted by atomic mass is 9.86. The van der Waals surface area contributed by atoms with Crippen LogP contribution < -0.4 is 5.59 Å². The van der Waals surface area contributed by atoms with Crippen LogP contribution in [0.5, 0.6) is 0 Å². The smallest absolute Gasteiger partial charge is 0.422 e. The number of benzene rings is 1. The fraction of sp³-hybridized carbons (Fsp3) is 0.0909. The summed E-state index contributed by atoms with van der Waals surface area (Å²) in [6.45, 7) is 0.436. The van der Waals surface area contributed by atoms with Gasteiger partial charge in [0.1, 0.15) is 0 Å². The summed E-state index contributed by atoms with van der Waals surface area (Å²) in [5, 5.41) is 30.9. The van der Waals surface area contributed by atoms with Crippen molar-refractivity contribution >= 4 is 12.7 Å². The Balaban J connectivity index is 2.20. The molecule has 0 atom stereocenters. The molecule has 2 N–H and O–H groups in total. The Morgan fingerprint density at radius 1 is 1.24 bits per heavy atom. The molecule has 84 valence electrons. The minimum Gasteiger partial charge on any atom is -0.422 e. The van der Waals surface area contributed by atoms with Crippen molar-refractivity contribution < 1.29 is 10.0 Å². The van der Waals surface area contributed by atoms with Gasteiger partial charge in [-0.05, 0) is 23.8 Å². The zero-order chi connectivity index (χ0) is 12.3. The second-order valence-electron chi connectivity index (χ2n) is 3.60. The second-order valence-corrected chi connectivity index (χ2v) is 3.60. The van der Waals surface area contributed by atoms with Crippen LogP contribution in [-0.2, 0) is 6.54 Å². The van der Waals surface area contributed by atoms with E-state index in [2.05, 4.69) is 5.10 Å². The first kappa shape index (κ1) is 11.4. The van der Waals surface area contributed by atoms with Crippen molar-refractivity contribution in [1.82, 2.24) is 9.78 Å². The van der Waals surface area contributed by atoms with E-state index in [1.165, 1.54) is 10.9 Å². The van der Waals surface area contributed by atoms with E-state index in [0.29, 0.717) is 17.7 Å². The Hall–Kier alpha value is -2.10. The summed E-state index contributed by atoms with van der Waals surface area (Å²) in [6.07, 6.45) is 1.51. The van der Waals surface area contributed by atoms with Crippen molar-refractivity contribution in [2.45, 2.75) is 6.54 Å². The third-order valence-electron chi connectivity index (χ3n) is 2.43. The molecule has 0 aliphatic carbocycles. The molecule has 0 radical (unpaired) electrons. The zero-order valence-corrected chi connectivity index (χ0v) is 8.98. The molecule has 17 heavy (non-hydrogen) atoms. The van der Waals surface area contributed by atoms with Crippen LogP contribution >= 0.6 is 0 Å². The Labute approximate surface area is 98.7 Å². The monoisotopic (exact) mass is 227 g/mol. The molecule has 1 aromatic carbocycles. The molecular formula is C11H10BN3O2. The van der Waals surface area contributed by atoms with Crippen molar-refractivity contribution in [1.29, 1.82) is 5.26 Å². The molecule has 0 aliphatic heterocycles. The van der Waals surface area contributed by atoms with Crippen LogP contribution in [0, 0.1) is 11.3 Å². The lowest BCUT2D eigenvalue weighted by Crippen LogP contribution is -2.36. The topological polar surface area (TPSA) is 82.1 Å². The molecule has 5 nitrogen and oxygen atoms in total. The molecule has 1 aromatic heterocycles. The molecule has 0 spiro atoms. The maximum Gasteiger partial charge on any atom is 0.507 e. The van der Waals surface area contributed by atoms with Gasteiger partial charge in [0.25, 0.3) is 0 Å². The van der Waals surface area contributed by atoms with Gasteiger partial charge in [0, 0.05) is 6.20 Å². The first-order valence-electron chi connectivity index (χ1n) is 5.07. The van der Waals surface area contributed by atoms with Gasteiger partial charge in [0.2, 0.25) is 0 Å². The minimum atomic E-state index is -1.53. The number of hydrogen-bond acceptors (Lipinski definition) is 4. The Morgan fingerprint density at radius 2 is 1.94 bits per heavy atom. The standard InChI is InChI=1S/C11H10BN3O2/c13-7-9-1-3-10(4-2-9)8-15-11(12(16)17)5-6-14-15/h1-6,16-17H,8H2. The van der Waals surface area contributed by atoms with Crippen LogP contribution in [0.1, 0.15) is 11.1 Å². The fourth-order valence-corrected chi connectivity index (χ4v) is 1.55. The molecule has 1 heterocycles. The zero-order valence-electron chi connectivity index (χ0n) is 8.98. The van der Waals surface area contributed by atoms with Gasteiger partial charge in [-0.25, -0.2) is 0 Å². The highest BCUT2D eigenvalue weighted by atomic mass is 16.4. The van der Waals surface area contributed by atoms with E-state index >= 15 is 0 Å². The average Bonchev–Trinajstić information content (AvgIpc) is 2.78.